The second kappa shape index (κ2) is 5.49. The van der Waals surface area contributed by atoms with Crippen LogP contribution in [0.5, 0.6) is 0 Å². The highest BCUT2D eigenvalue weighted by Crippen LogP contribution is 2.20. The molecule has 4 heteroatoms. The number of nitrogen functional groups attached to an aromatic ring is 1. The molecule has 0 saturated heterocycles. The molecule has 0 bridgehead atoms. The van der Waals surface area contributed by atoms with Crippen molar-refractivity contribution in [3.63, 3.8) is 0 Å². The number of nitrogens with two attached hydrogens (primary N) is 1. The summed E-state index contributed by atoms with van der Waals surface area (Å²) in [7, 11) is 0. The zero-order valence-electron chi connectivity index (χ0n) is 12.2. The SMILES string of the molecule is CCCC(C)(C)NC(=O)c1cc2ccccc2c(N)n1. The average molecular weight is 271 g/mol. The van der Waals surface area contributed by atoms with Gasteiger partial charge in [-0.15, -0.1) is 0 Å². The number of pyridine rings is 1. The van der Waals surface area contributed by atoms with E-state index in [1.807, 2.05) is 38.1 Å². The maximum Gasteiger partial charge on any atom is 0.270 e. The summed E-state index contributed by atoms with van der Waals surface area (Å²) in [5, 5.41) is 4.81. The Labute approximate surface area is 119 Å². The second-order valence-electron chi connectivity index (χ2n) is 5.70. The van der Waals surface area contributed by atoms with Crippen LogP contribution in [0.25, 0.3) is 10.8 Å². The molecule has 4 nitrogen and oxygen atoms in total. The Kier molecular flexibility index (Phi) is 3.93. The van der Waals surface area contributed by atoms with Crippen LogP contribution in [0.2, 0.25) is 0 Å². The molecule has 0 atom stereocenters. The molecule has 1 aromatic heterocycles. The van der Waals surface area contributed by atoms with Gasteiger partial charge in [-0.3, -0.25) is 4.79 Å². The van der Waals surface area contributed by atoms with Crippen molar-refractivity contribution in [3.8, 4) is 0 Å². The van der Waals surface area contributed by atoms with Crippen LogP contribution in [0.1, 0.15) is 44.1 Å². The first-order chi connectivity index (χ1) is 9.43. The van der Waals surface area contributed by atoms with Crippen LogP contribution in [0.3, 0.4) is 0 Å². The number of rotatable bonds is 4. The lowest BCUT2D eigenvalue weighted by Gasteiger charge is -2.25. The summed E-state index contributed by atoms with van der Waals surface area (Å²) in [6, 6.07) is 9.44. The molecule has 0 spiro atoms. The number of benzene rings is 1. The van der Waals surface area contributed by atoms with Gasteiger partial charge in [-0.1, -0.05) is 37.6 Å². The highest BCUT2D eigenvalue weighted by Gasteiger charge is 2.21. The normalized spacial score (nSPS) is 11.6. The average Bonchev–Trinajstić information content (AvgIpc) is 2.38. The van der Waals surface area contributed by atoms with Gasteiger partial charge in [0, 0.05) is 10.9 Å². The minimum atomic E-state index is -0.242. The summed E-state index contributed by atoms with van der Waals surface area (Å²) in [5.74, 6) is 0.211. The molecule has 0 radical (unpaired) electrons. The van der Waals surface area contributed by atoms with E-state index >= 15 is 0 Å². The minimum absolute atomic E-state index is 0.180. The summed E-state index contributed by atoms with van der Waals surface area (Å²) in [4.78, 5) is 16.5. The van der Waals surface area contributed by atoms with E-state index in [9.17, 15) is 4.79 Å². The lowest BCUT2D eigenvalue weighted by molar-refractivity contribution is 0.0904. The molecule has 0 saturated carbocycles. The molecule has 1 heterocycles. The molecule has 0 aliphatic heterocycles. The van der Waals surface area contributed by atoms with Crippen LogP contribution < -0.4 is 11.1 Å². The van der Waals surface area contributed by atoms with E-state index < -0.39 is 0 Å². The number of carbonyl (C=O) groups is 1. The first kappa shape index (κ1) is 14.3. The molecule has 2 aromatic rings. The highest BCUT2D eigenvalue weighted by atomic mass is 16.2. The fourth-order valence-electron chi connectivity index (χ4n) is 2.40. The first-order valence-electron chi connectivity index (χ1n) is 6.91. The molecule has 0 aliphatic rings. The van der Waals surface area contributed by atoms with Gasteiger partial charge in [-0.2, -0.15) is 0 Å². The van der Waals surface area contributed by atoms with Crippen molar-refractivity contribution in [1.82, 2.24) is 10.3 Å². The van der Waals surface area contributed by atoms with Crippen LogP contribution >= 0.6 is 0 Å². The first-order valence-corrected chi connectivity index (χ1v) is 6.91. The van der Waals surface area contributed by atoms with Crippen LogP contribution in [-0.2, 0) is 0 Å². The van der Waals surface area contributed by atoms with E-state index in [-0.39, 0.29) is 11.4 Å². The van der Waals surface area contributed by atoms with Crippen molar-refractivity contribution in [2.75, 3.05) is 5.73 Å². The van der Waals surface area contributed by atoms with E-state index in [0.29, 0.717) is 11.5 Å². The largest absolute Gasteiger partial charge is 0.383 e. The van der Waals surface area contributed by atoms with E-state index in [0.717, 1.165) is 23.6 Å². The Morgan fingerprint density at radius 3 is 2.75 bits per heavy atom. The number of nitrogens with one attached hydrogen (secondary N) is 1. The Hall–Kier alpha value is -2.10. The van der Waals surface area contributed by atoms with E-state index in [1.54, 1.807) is 6.07 Å². The summed E-state index contributed by atoms with van der Waals surface area (Å²) in [6.45, 7) is 6.12. The number of hydrogen-bond acceptors (Lipinski definition) is 3. The lowest BCUT2D eigenvalue weighted by atomic mass is 9.98. The summed E-state index contributed by atoms with van der Waals surface area (Å²) in [5.41, 5.74) is 6.05. The maximum absolute atomic E-state index is 12.3. The number of amides is 1. The Bertz CT molecular complexity index is 635. The van der Waals surface area contributed by atoms with Gasteiger partial charge in [0.25, 0.3) is 5.91 Å². The van der Waals surface area contributed by atoms with E-state index in [4.69, 9.17) is 5.73 Å². The summed E-state index contributed by atoms with van der Waals surface area (Å²) >= 11 is 0. The predicted octanol–water partition coefficient (Wildman–Crippen LogP) is 3.13. The number of hydrogen-bond donors (Lipinski definition) is 2. The summed E-state index contributed by atoms with van der Waals surface area (Å²) < 4.78 is 0. The molecule has 1 aromatic carbocycles. The maximum atomic E-state index is 12.3. The molecule has 0 aliphatic carbocycles. The van der Waals surface area contributed by atoms with Gasteiger partial charge >= 0.3 is 0 Å². The summed E-state index contributed by atoms with van der Waals surface area (Å²) in [6.07, 6.45) is 1.93. The van der Waals surface area contributed by atoms with Gasteiger partial charge < -0.3 is 11.1 Å². The lowest BCUT2D eigenvalue weighted by Crippen LogP contribution is -2.43. The number of anilines is 1. The molecule has 3 N–H and O–H groups in total. The molecule has 0 fully saturated rings. The van der Waals surface area contributed by atoms with Crippen molar-refractivity contribution in [1.29, 1.82) is 0 Å². The van der Waals surface area contributed by atoms with E-state index in [1.165, 1.54) is 0 Å². The molecular weight excluding hydrogens is 250 g/mol. The molecular formula is C16H21N3O. The fourth-order valence-corrected chi connectivity index (χ4v) is 2.40. The van der Waals surface area contributed by atoms with Crippen molar-refractivity contribution < 1.29 is 4.79 Å². The fraction of sp³-hybridized carbons (Fsp3) is 0.375. The van der Waals surface area contributed by atoms with Gasteiger partial charge in [0.2, 0.25) is 0 Å². The van der Waals surface area contributed by atoms with Gasteiger partial charge in [0.05, 0.1) is 0 Å². The van der Waals surface area contributed by atoms with Crippen LogP contribution in [-0.4, -0.2) is 16.4 Å². The Morgan fingerprint density at radius 1 is 1.35 bits per heavy atom. The number of carbonyl (C=O) groups excluding carboxylic acids is 1. The third kappa shape index (κ3) is 3.07. The van der Waals surface area contributed by atoms with Gasteiger partial charge in [0.15, 0.2) is 0 Å². The predicted molar refractivity (Wildman–Crippen MR) is 82.6 cm³/mol. The smallest absolute Gasteiger partial charge is 0.270 e. The standard InChI is InChI=1S/C16H21N3O/c1-4-9-16(2,3)19-15(20)13-10-11-7-5-6-8-12(11)14(17)18-13/h5-8,10H,4,9H2,1-3H3,(H2,17,18)(H,19,20). The third-order valence-electron chi connectivity index (χ3n) is 3.33. The van der Waals surface area contributed by atoms with Gasteiger partial charge in [-0.05, 0) is 31.7 Å². The zero-order valence-corrected chi connectivity index (χ0v) is 12.2. The number of fused-ring (bicyclic) bond motifs is 1. The topological polar surface area (TPSA) is 68.0 Å². The van der Waals surface area contributed by atoms with Crippen LogP contribution in [0, 0.1) is 0 Å². The van der Waals surface area contributed by atoms with Gasteiger partial charge in [0.1, 0.15) is 11.5 Å². The Morgan fingerprint density at radius 2 is 2.05 bits per heavy atom. The highest BCUT2D eigenvalue weighted by molar-refractivity contribution is 6.00. The number of nitrogens with zero attached hydrogens (tertiary/aromatic N) is 1. The minimum Gasteiger partial charge on any atom is -0.383 e. The zero-order chi connectivity index (χ0) is 14.8. The quantitative estimate of drug-likeness (QED) is 0.897. The van der Waals surface area contributed by atoms with Crippen molar-refractivity contribution >= 4 is 22.5 Å². The van der Waals surface area contributed by atoms with E-state index in [2.05, 4.69) is 17.2 Å². The second-order valence-corrected chi connectivity index (χ2v) is 5.70. The molecule has 0 unspecified atom stereocenters. The van der Waals surface area contributed by atoms with Crippen LogP contribution in [0.15, 0.2) is 30.3 Å². The molecule has 1 amide bonds. The van der Waals surface area contributed by atoms with Crippen molar-refractivity contribution in [3.05, 3.63) is 36.0 Å². The molecule has 20 heavy (non-hydrogen) atoms. The number of aromatic nitrogens is 1. The van der Waals surface area contributed by atoms with Crippen molar-refractivity contribution in [2.45, 2.75) is 39.2 Å². The van der Waals surface area contributed by atoms with Crippen molar-refractivity contribution in [2.24, 2.45) is 0 Å². The monoisotopic (exact) mass is 271 g/mol. The molecule has 106 valence electrons. The van der Waals surface area contributed by atoms with Gasteiger partial charge in [-0.25, -0.2) is 4.98 Å². The third-order valence-corrected chi connectivity index (χ3v) is 3.33. The molecule has 2 rings (SSSR count). The van der Waals surface area contributed by atoms with Crippen LogP contribution in [0.4, 0.5) is 5.82 Å². The Balaban J connectivity index is 2.31.